The van der Waals surface area contributed by atoms with Gasteiger partial charge in [-0.1, -0.05) is 37.0 Å². The lowest BCUT2D eigenvalue weighted by atomic mass is 9.98. The van der Waals surface area contributed by atoms with E-state index in [1.807, 2.05) is 13.8 Å². The van der Waals surface area contributed by atoms with Gasteiger partial charge < -0.3 is 0 Å². The highest BCUT2D eigenvalue weighted by Crippen LogP contribution is 2.31. The SMILES string of the molecule is CCc1c(C=O)cc(Cl)c(Cl)c1CC. The molecule has 0 bridgehead atoms. The molecule has 1 aromatic rings. The Balaban J connectivity index is 3.49. The van der Waals surface area contributed by atoms with Crippen molar-refractivity contribution < 1.29 is 4.79 Å². The lowest BCUT2D eigenvalue weighted by Gasteiger charge is -2.12. The summed E-state index contributed by atoms with van der Waals surface area (Å²) in [6.07, 6.45) is 2.43. The third-order valence-corrected chi connectivity index (χ3v) is 3.13. The van der Waals surface area contributed by atoms with Crippen LogP contribution in [0.5, 0.6) is 0 Å². The van der Waals surface area contributed by atoms with E-state index in [1.54, 1.807) is 6.07 Å². The molecule has 1 nitrogen and oxygen atoms in total. The minimum Gasteiger partial charge on any atom is -0.298 e. The van der Waals surface area contributed by atoms with Crippen LogP contribution in [0.3, 0.4) is 0 Å². The zero-order chi connectivity index (χ0) is 10.7. The molecule has 0 aromatic heterocycles. The van der Waals surface area contributed by atoms with Gasteiger partial charge in [0.2, 0.25) is 0 Å². The van der Waals surface area contributed by atoms with Crippen molar-refractivity contribution in [3.63, 3.8) is 0 Å². The monoisotopic (exact) mass is 230 g/mol. The lowest BCUT2D eigenvalue weighted by molar-refractivity contribution is 0.112. The van der Waals surface area contributed by atoms with Gasteiger partial charge in [-0.3, -0.25) is 4.79 Å². The highest BCUT2D eigenvalue weighted by Gasteiger charge is 2.12. The molecule has 1 rings (SSSR count). The largest absolute Gasteiger partial charge is 0.298 e. The van der Waals surface area contributed by atoms with Gasteiger partial charge in [0, 0.05) is 5.56 Å². The number of benzene rings is 1. The summed E-state index contributed by atoms with van der Waals surface area (Å²) in [6.45, 7) is 4.01. The molecule has 0 heterocycles. The second kappa shape index (κ2) is 4.81. The van der Waals surface area contributed by atoms with Crippen LogP contribution in [0.4, 0.5) is 0 Å². The van der Waals surface area contributed by atoms with E-state index in [0.29, 0.717) is 15.6 Å². The van der Waals surface area contributed by atoms with Gasteiger partial charge in [0.25, 0.3) is 0 Å². The van der Waals surface area contributed by atoms with E-state index in [9.17, 15) is 4.79 Å². The predicted molar refractivity (Wildman–Crippen MR) is 60.6 cm³/mol. The minimum absolute atomic E-state index is 0.461. The summed E-state index contributed by atoms with van der Waals surface area (Å²) in [5, 5.41) is 1.04. The summed E-state index contributed by atoms with van der Waals surface area (Å²) in [6, 6.07) is 1.63. The van der Waals surface area contributed by atoms with Crippen molar-refractivity contribution in [3.05, 3.63) is 32.8 Å². The Hall–Kier alpha value is -0.530. The lowest BCUT2D eigenvalue weighted by Crippen LogP contribution is -1.99. The first-order chi connectivity index (χ1) is 6.65. The van der Waals surface area contributed by atoms with Gasteiger partial charge in [0.05, 0.1) is 10.0 Å². The quantitative estimate of drug-likeness (QED) is 0.720. The first-order valence-electron chi connectivity index (χ1n) is 4.60. The molecule has 1 aromatic carbocycles. The zero-order valence-electron chi connectivity index (χ0n) is 8.23. The molecule has 0 N–H and O–H groups in total. The molecule has 0 aliphatic carbocycles. The summed E-state index contributed by atoms with van der Waals surface area (Å²) in [7, 11) is 0. The topological polar surface area (TPSA) is 17.1 Å². The molecule has 0 fully saturated rings. The van der Waals surface area contributed by atoms with E-state index < -0.39 is 0 Å². The number of hydrogen-bond donors (Lipinski definition) is 0. The van der Waals surface area contributed by atoms with Crippen LogP contribution in [-0.4, -0.2) is 6.29 Å². The van der Waals surface area contributed by atoms with Gasteiger partial charge in [0.15, 0.2) is 0 Å². The maximum absolute atomic E-state index is 10.8. The van der Waals surface area contributed by atoms with Crippen molar-refractivity contribution in [2.75, 3.05) is 0 Å². The molecule has 0 spiro atoms. The van der Waals surface area contributed by atoms with E-state index in [1.165, 1.54) is 0 Å². The Morgan fingerprint density at radius 3 is 2.21 bits per heavy atom. The average Bonchev–Trinajstić information content (AvgIpc) is 2.20. The first kappa shape index (κ1) is 11.5. The number of rotatable bonds is 3. The normalized spacial score (nSPS) is 10.3. The molecular weight excluding hydrogens is 219 g/mol. The Labute approximate surface area is 94.0 Å². The maximum Gasteiger partial charge on any atom is 0.150 e. The smallest absolute Gasteiger partial charge is 0.150 e. The molecule has 0 saturated carbocycles. The minimum atomic E-state index is 0.461. The Kier molecular flexibility index (Phi) is 3.97. The van der Waals surface area contributed by atoms with E-state index in [2.05, 4.69) is 0 Å². The molecular formula is C11H12Cl2O. The van der Waals surface area contributed by atoms with Crippen molar-refractivity contribution in [1.82, 2.24) is 0 Å². The molecule has 0 atom stereocenters. The van der Waals surface area contributed by atoms with Crippen LogP contribution in [0.2, 0.25) is 10.0 Å². The molecule has 76 valence electrons. The van der Waals surface area contributed by atoms with Crippen molar-refractivity contribution in [1.29, 1.82) is 0 Å². The number of carbonyl (C=O) groups excluding carboxylic acids is 1. The van der Waals surface area contributed by atoms with E-state index in [0.717, 1.165) is 30.3 Å². The van der Waals surface area contributed by atoms with Gasteiger partial charge in [-0.05, 0) is 30.0 Å². The van der Waals surface area contributed by atoms with Crippen LogP contribution < -0.4 is 0 Å². The number of aldehydes is 1. The number of hydrogen-bond acceptors (Lipinski definition) is 1. The van der Waals surface area contributed by atoms with Crippen molar-refractivity contribution in [2.45, 2.75) is 26.7 Å². The van der Waals surface area contributed by atoms with E-state index in [-0.39, 0.29) is 0 Å². The number of halogens is 2. The van der Waals surface area contributed by atoms with Crippen LogP contribution in [0.25, 0.3) is 0 Å². The Morgan fingerprint density at radius 2 is 1.79 bits per heavy atom. The summed E-state index contributed by atoms with van der Waals surface area (Å²) in [5.74, 6) is 0. The zero-order valence-corrected chi connectivity index (χ0v) is 9.74. The highest BCUT2D eigenvalue weighted by molar-refractivity contribution is 6.42. The molecule has 3 heteroatoms. The van der Waals surface area contributed by atoms with Crippen LogP contribution in [0, 0.1) is 0 Å². The molecule has 0 unspecified atom stereocenters. The van der Waals surface area contributed by atoms with Gasteiger partial charge in [-0.2, -0.15) is 0 Å². The molecule has 0 aliphatic heterocycles. The van der Waals surface area contributed by atoms with Gasteiger partial charge in [0.1, 0.15) is 6.29 Å². The standard InChI is InChI=1S/C11H12Cl2O/c1-3-8-7(6-14)5-10(12)11(13)9(8)4-2/h5-6H,3-4H2,1-2H3. The highest BCUT2D eigenvalue weighted by atomic mass is 35.5. The van der Waals surface area contributed by atoms with E-state index >= 15 is 0 Å². The Morgan fingerprint density at radius 1 is 1.21 bits per heavy atom. The summed E-state index contributed by atoms with van der Waals surface area (Å²) >= 11 is 12.0. The molecule has 0 radical (unpaired) electrons. The Bertz CT molecular complexity index is 359. The third-order valence-electron chi connectivity index (χ3n) is 2.30. The fourth-order valence-corrected chi connectivity index (χ4v) is 2.16. The van der Waals surface area contributed by atoms with Crippen molar-refractivity contribution in [2.24, 2.45) is 0 Å². The summed E-state index contributed by atoms with van der Waals surface area (Å²) in [4.78, 5) is 10.8. The van der Waals surface area contributed by atoms with Gasteiger partial charge >= 0.3 is 0 Å². The number of carbonyl (C=O) groups is 1. The maximum atomic E-state index is 10.8. The fraction of sp³-hybridized carbons (Fsp3) is 0.364. The van der Waals surface area contributed by atoms with E-state index in [4.69, 9.17) is 23.2 Å². The molecule has 0 amide bonds. The summed E-state index contributed by atoms with van der Waals surface area (Å²) < 4.78 is 0. The van der Waals surface area contributed by atoms with Crippen molar-refractivity contribution >= 4 is 29.5 Å². The van der Waals surface area contributed by atoms with Crippen LogP contribution in [0.1, 0.15) is 35.3 Å². The second-order valence-electron chi connectivity index (χ2n) is 3.04. The average molecular weight is 231 g/mol. The van der Waals surface area contributed by atoms with Crippen LogP contribution in [-0.2, 0) is 12.8 Å². The van der Waals surface area contributed by atoms with Gasteiger partial charge in [-0.25, -0.2) is 0 Å². The third kappa shape index (κ3) is 1.94. The predicted octanol–water partition coefficient (Wildman–Crippen LogP) is 3.93. The fourth-order valence-electron chi connectivity index (χ4n) is 1.63. The molecule has 14 heavy (non-hydrogen) atoms. The van der Waals surface area contributed by atoms with Crippen molar-refractivity contribution in [3.8, 4) is 0 Å². The van der Waals surface area contributed by atoms with Crippen LogP contribution in [0.15, 0.2) is 6.07 Å². The summed E-state index contributed by atoms with van der Waals surface area (Å²) in [5.41, 5.74) is 2.65. The molecule has 0 saturated heterocycles. The van der Waals surface area contributed by atoms with Gasteiger partial charge in [-0.15, -0.1) is 0 Å². The van der Waals surface area contributed by atoms with Crippen LogP contribution >= 0.6 is 23.2 Å². The second-order valence-corrected chi connectivity index (χ2v) is 3.83. The molecule has 0 aliphatic rings. The first-order valence-corrected chi connectivity index (χ1v) is 5.36.